The van der Waals surface area contributed by atoms with Gasteiger partial charge in [0.05, 0.1) is 38.9 Å². The summed E-state index contributed by atoms with van der Waals surface area (Å²) in [6.07, 6.45) is 0. The first-order valence-electron chi connectivity index (χ1n) is 21.8. The Morgan fingerprint density at radius 2 is 0.825 bits per heavy atom. The number of aryl methyl sites for hydroxylation is 2. The summed E-state index contributed by atoms with van der Waals surface area (Å²) >= 11 is 0. The summed E-state index contributed by atoms with van der Waals surface area (Å²) in [7, 11) is 0. The monoisotopic (exact) mass is 802 g/mol. The third-order valence-corrected chi connectivity index (χ3v) is 14.2. The SMILES string of the molecule is Cc1nc2ccccc2n1-c1cccc2c(-c3cccc4c3-c3ccccc3C43c4ccccc4-c4c3ccc3ccccc43)c3cccc(-n4c(C)nc5ccccc54)c3cc12. The first-order valence-corrected chi connectivity index (χ1v) is 21.8. The van der Waals surface area contributed by atoms with Gasteiger partial charge in [-0.15, -0.1) is 0 Å². The van der Waals surface area contributed by atoms with Gasteiger partial charge in [0.1, 0.15) is 11.6 Å². The van der Waals surface area contributed by atoms with Gasteiger partial charge in [-0.25, -0.2) is 9.97 Å². The van der Waals surface area contributed by atoms with E-state index >= 15 is 0 Å². The predicted molar refractivity (Wildman–Crippen MR) is 259 cm³/mol. The zero-order valence-corrected chi connectivity index (χ0v) is 34.8. The Morgan fingerprint density at radius 1 is 0.349 bits per heavy atom. The van der Waals surface area contributed by atoms with Crippen LogP contribution in [0, 0.1) is 13.8 Å². The fraction of sp³-hybridized carbons (Fsp3) is 0.0508. The molecule has 4 heteroatoms. The number of aromatic nitrogens is 4. The Kier molecular flexibility index (Phi) is 6.87. The Morgan fingerprint density at radius 3 is 1.48 bits per heavy atom. The van der Waals surface area contributed by atoms with Crippen molar-refractivity contribution in [2.24, 2.45) is 0 Å². The molecule has 4 nitrogen and oxygen atoms in total. The van der Waals surface area contributed by atoms with Gasteiger partial charge in [0.25, 0.3) is 0 Å². The topological polar surface area (TPSA) is 35.6 Å². The van der Waals surface area contributed by atoms with E-state index in [4.69, 9.17) is 9.97 Å². The standard InChI is InChI=1S/C59H38N4/c1-35-60-50-26-9-11-28-54(50)62(35)52-30-14-20-39-44(52)34-45-40(21-15-31-53(45)63-36(2)61-51-27-10-12-29-55(51)63)56(39)43-22-13-25-48-58(43)42-19-6-8-24-47(42)59(48)46-23-7-5-18-41(46)57-38-17-4-3-16-37(38)32-33-49(57)59/h3-34H,1-2H3. The molecule has 1 atom stereocenters. The van der Waals surface area contributed by atoms with Gasteiger partial charge in [0, 0.05) is 10.8 Å². The summed E-state index contributed by atoms with van der Waals surface area (Å²) in [5.74, 6) is 1.91. The summed E-state index contributed by atoms with van der Waals surface area (Å²) in [5.41, 5.74) is 18.9. The molecule has 0 saturated heterocycles. The van der Waals surface area contributed by atoms with Gasteiger partial charge in [-0.2, -0.15) is 0 Å². The average molecular weight is 803 g/mol. The first kappa shape index (κ1) is 34.6. The molecular formula is C59H38N4. The maximum Gasteiger partial charge on any atom is 0.111 e. The third-order valence-electron chi connectivity index (χ3n) is 14.2. The molecule has 0 saturated carbocycles. The number of para-hydroxylation sites is 4. The molecule has 2 aromatic heterocycles. The lowest BCUT2D eigenvalue weighted by Gasteiger charge is -2.30. The summed E-state index contributed by atoms with van der Waals surface area (Å²) in [5, 5.41) is 7.30. The molecular weight excluding hydrogens is 765 g/mol. The molecule has 294 valence electrons. The van der Waals surface area contributed by atoms with Crippen LogP contribution in [0.2, 0.25) is 0 Å². The Bertz CT molecular complexity index is 3820. The largest absolute Gasteiger partial charge is 0.296 e. The number of hydrogen-bond donors (Lipinski definition) is 0. The van der Waals surface area contributed by atoms with Gasteiger partial charge < -0.3 is 0 Å². The Balaban J connectivity index is 1.15. The fourth-order valence-electron chi connectivity index (χ4n) is 11.9. The van der Waals surface area contributed by atoms with Gasteiger partial charge in [-0.05, 0) is 133 Å². The molecule has 0 bridgehead atoms. The summed E-state index contributed by atoms with van der Waals surface area (Å²) in [4.78, 5) is 10.1. The van der Waals surface area contributed by atoms with Crippen molar-refractivity contribution in [1.29, 1.82) is 0 Å². The molecule has 10 aromatic carbocycles. The average Bonchev–Trinajstić information content (AvgIpc) is 4.04. The number of rotatable bonds is 3. The second kappa shape index (κ2) is 12.5. The number of benzene rings is 10. The van der Waals surface area contributed by atoms with Gasteiger partial charge in [-0.3, -0.25) is 9.13 Å². The van der Waals surface area contributed by atoms with Crippen LogP contribution in [0.3, 0.4) is 0 Å². The van der Waals surface area contributed by atoms with E-state index in [1.807, 2.05) is 0 Å². The van der Waals surface area contributed by atoms with Crippen LogP contribution in [0.15, 0.2) is 194 Å². The summed E-state index contributed by atoms with van der Waals surface area (Å²) in [6, 6.07) is 72.1. The normalized spacial score (nSPS) is 14.9. The predicted octanol–water partition coefficient (Wildman–Crippen LogP) is 14.5. The second-order valence-corrected chi connectivity index (χ2v) is 17.2. The molecule has 0 amide bonds. The summed E-state index contributed by atoms with van der Waals surface area (Å²) < 4.78 is 4.67. The van der Waals surface area contributed by atoms with E-state index < -0.39 is 5.41 Å². The van der Waals surface area contributed by atoms with Crippen molar-refractivity contribution in [3.63, 3.8) is 0 Å². The van der Waals surface area contributed by atoms with Crippen molar-refractivity contribution in [2.45, 2.75) is 19.3 Å². The molecule has 2 aliphatic carbocycles. The van der Waals surface area contributed by atoms with Crippen molar-refractivity contribution < 1.29 is 0 Å². The van der Waals surface area contributed by atoms with E-state index in [0.717, 1.165) is 45.1 Å². The van der Waals surface area contributed by atoms with Gasteiger partial charge in [0.15, 0.2) is 0 Å². The van der Waals surface area contributed by atoms with Crippen molar-refractivity contribution >= 4 is 54.4 Å². The van der Waals surface area contributed by atoms with Gasteiger partial charge >= 0.3 is 0 Å². The molecule has 0 fully saturated rings. The molecule has 0 radical (unpaired) electrons. The third kappa shape index (κ3) is 4.39. The van der Waals surface area contributed by atoms with Crippen LogP contribution in [0.5, 0.6) is 0 Å². The minimum atomic E-state index is -0.492. The highest BCUT2D eigenvalue weighted by Crippen LogP contribution is 2.65. The van der Waals surface area contributed by atoms with E-state index in [2.05, 4.69) is 217 Å². The van der Waals surface area contributed by atoms with E-state index in [9.17, 15) is 0 Å². The van der Waals surface area contributed by atoms with Crippen LogP contribution in [-0.2, 0) is 5.41 Å². The molecule has 1 spiro atoms. The molecule has 2 heterocycles. The van der Waals surface area contributed by atoms with Crippen LogP contribution in [0.4, 0.5) is 0 Å². The number of imidazole rings is 2. The fourth-order valence-corrected chi connectivity index (χ4v) is 11.9. The van der Waals surface area contributed by atoms with Gasteiger partial charge in [0.2, 0.25) is 0 Å². The lowest BCUT2D eigenvalue weighted by Crippen LogP contribution is -2.25. The van der Waals surface area contributed by atoms with Crippen LogP contribution >= 0.6 is 0 Å². The number of fused-ring (bicyclic) bond motifs is 16. The lowest BCUT2D eigenvalue weighted by atomic mass is 9.70. The van der Waals surface area contributed by atoms with Crippen molar-refractivity contribution in [1.82, 2.24) is 19.1 Å². The highest BCUT2D eigenvalue weighted by molar-refractivity contribution is 6.19. The molecule has 0 aliphatic heterocycles. The highest BCUT2D eigenvalue weighted by Gasteiger charge is 2.52. The minimum absolute atomic E-state index is 0.492. The van der Waals surface area contributed by atoms with Crippen LogP contribution < -0.4 is 0 Å². The molecule has 2 aliphatic rings. The quantitative estimate of drug-likeness (QED) is 0.167. The zero-order valence-electron chi connectivity index (χ0n) is 34.8. The van der Waals surface area contributed by atoms with E-state index in [-0.39, 0.29) is 0 Å². The Hall–Kier alpha value is -8.08. The highest BCUT2D eigenvalue weighted by atomic mass is 15.1. The van der Waals surface area contributed by atoms with E-state index in [1.165, 1.54) is 88.0 Å². The first-order chi connectivity index (χ1) is 31.1. The lowest BCUT2D eigenvalue weighted by molar-refractivity contribution is 0.794. The zero-order chi connectivity index (χ0) is 41.6. The molecule has 1 unspecified atom stereocenters. The van der Waals surface area contributed by atoms with Crippen LogP contribution in [0.25, 0.3) is 99.1 Å². The van der Waals surface area contributed by atoms with E-state index in [0.29, 0.717) is 0 Å². The van der Waals surface area contributed by atoms with Gasteiger partial charge in [-0.1, -0.05) is 152 Å². The second-order valence-electron chi connectivity index (χ2n) is 17.2. The van der Waals surface area contributed by atoms with Crippen LogP contribution in [0.1, 0.15) is 33.9 Å². The minimum Gasteiger partial charge on any atom is -0.296 e. The van der Waals surface area contributed by atoms with Crippen LogP contribution in [-0.4, -0.2) is 19.1 Å². The summed E-state index contributed by atoms with van der Waals surface area (Å²) in [6.45, 7) is 4.24. The molecule has 63 heavy (non-hydrogen) atoms. The maximum atomic E-state index is 5.06. The van der Waals surface area contributed by atoms with Crippen molar-refractivity contribution in [3.8, 4) is 44.8 Å². The molecule has 14 rings (SSSR count). The number of nitrogens with zero attached hydrogens (tertiary/aromatic N) is 4. The molecule has 0 N–H and O–H groups in total. The number of hydrogen-bond acceptors (Lipinski definition) is 2. The van der Waals surface area contributed by atoms with Crippen molar-refractivity contribution in [2.75, 3.05) is 0 Å². The maximum absolute atomic E-state index is 5.06. The Labute approximate surface area is 364 Å². The molecule has 12 aromatic rings. The smallest absolute Gasteiger partial charge is 0.111 e. The van der Waals surface area contributed by atoms with E-state index in [1.54, 1.807) is 0 Å². The van der Waals surface area contributed by atoms with Crippen molar-refractivity contribution in [3.05, 3.63) is 228 Å².